The van der Waals surface area contributed by atoms with Gasteiger partial charge in [-0.05, 0) is 37.3 Å². The molecule has 23 heavy (non-hydrogen) atoms. The van der Waals surface area contributed by atoms with E-state index in [0.717, 1.165) is 11.6 Å². The summed E-state index contributed by atoms with van der Waals surface area (Å²) in [5.74, 6) is 0.151. The van der Waals surface area contributed by atoms with E-state index >= 15 is 0 Å². The van der Waals surface area contributed by atoms with Crippen LogP contribution >= 0.6 is 0 Å². The zero-order valence-corrected chi connectivity index (χ0v) is 12.3. The van der Waals surface area contributed by atoms with Gasteiger partial charge in [-0.2, -0.15) is 0 Å². The van der Waals surface area contributed by atoms with Gasteiger partial charge in [0.2, 0.25) is 5.89 Å². The van der Waals surface area contributed by atoms with Gasteiger partial charge in [-0.3, -0.25) is 4.79 Å². The molecule has 1 aromatic heterocycles. The molecule has 0 aliphatic carbocycles. The summed E-state index contributed by atoms with van der Waals surface area (Å²) in [7, 11) is 0. The van der Waals surface area contributed by atoms with E-state index in [1.54, 1.807) is 0 Å². The largest absolute Gasteiger partial charge is 0.483 e. The van der Waals surface area contributed by atoms with Gasteiger partial charge in [0.05, 0.1) is 5.56 Å². The van der Waals surface area contributed by atoms with Crippen molar-refractivity contribution in [1.29, 1.82) is 0 Å². The summed E-state index contributed by atoms with van der Waals surface area (Å²) >= 11 is 0. The lowest BCUT2D eigenvalue weighted by molar-refractivity contribution is 0.101. The molecule has 0 radical (unpaired) electrons. The number of hydrogen-bond donors (Lipinski definition) is 0. The third kappa shape index (κ3) is 3.42. The van der Waals surface area contributed by atoms with Crippen molar-refractivity contribution in [3.63, 3.8) is 0 Å². The van der Waals surface area contributed by atoms with Gasteiger partial charge in [0.1, 0.15) is 11.6 Å². The zero-order chi connectivity index (χ0) is 16.2. The van der Waals surface area contributed by atoms with Gasteiger partial charge in [0, 0.05) is 5.56 Å². The van der Waals surface area contributed by atoms with Gasteiger partial charge < -0.3 is 9.15 Å². The Bertz CT molecular complexity index is 831. The summed E-state index contributed by atoms with van der Waals surface area (Å²) in [5.41, 5.74) is 0.977. The molecule has 6 heteroatoms. The molecule has 0 N–H and O–H groups in total. The van der Waals surface area contributed by atoms with Gasteiger partial charge in [-0.1, -0.05) is 18.2 Å². The molecule has 1 heterocycles. The molecule has 0 unspecified atom stereocenters. The topological polar surface area (TPSA) is 65.2 Å². The fraction of sp³-hybridized carbons (Fsp3) is 0.118. The van der Waals surface area contributed by atoms with Gasteiger partial charge in [0.15, 0.2) is 12.4 Å². The molecule has 0 saturated carbocycles. The van der Waals surface area contributed by atoms with E-state index < -0.39 is 5.82 Å². The van der Waals surface area contributed by atoms with Gasteiger partial charge in [-0.15, -0.1) is 10.2 Å². The quantitative estimate of drug-likeness (QED) is 0.673. The maximum absolute atomic E-state index is 13.2. The Morgan fingerprint density at radius 2 is 1.96 bits per heavy atom. The van der Waals surface area contributed by atoms with Crippen molar-refractivity contribution in [2.45, 2.75) is 13.5 Å². The Labute approximate surface area is 131 Å². The first-order valence-corrected chi connectivity index (χ1v) is 6.94. The molecule has 5 nitrogen and oxygen atoms in total. The van der Waals surface area contributed by atoms with Crippen LogP contribution in [0.25, 0.3) is 11.5 Å². The van der Waals surface area contributed by atoms with Crippen LogP contribution in [0, 0.1) is 5.82 Å². The molecular formula is C17H13FN2O3. The summed E-state index contributed by atoms with van der Waals surface area (Å²) in [6.07, 6.45) is 0. The van der Waals surface area contributed by atoms with E-state index in [4.69, 9.17) is 9.15 Å². The van der Waals surface area contributed by atoms with Gasteiger partial charge in [0.25, 0.3) is 5.89 Å². The van der Waals surface area contributed by atoms with Gasteiger partial charge in [-0.25, -0.2) is 4.39 Å². The number of rotatable bonds is 5. The summed E-state index contributed by atoms with van der Waals surface area (Å²) in [6, 6.07) is 13.1. The molecular weight excluding hydrogens is 299 g/mol. The third-order valence-electron chi connectivity index (χ3n) is 3.16. The lowest BCUT2D eigenvalue weighted by Crippen LogP contribution is -2.02. The molecule has 0 aliphatic rings. The van der Waals surface area contributed by atoms with Crippen molar-refractivity contribution < 1.29 is 18.3 Å². The standard InChI is InChI=1S/C17H13FN2O3/c1-11(21)14-9-13(18)7-8-15(14)22-10-16-19-20-17(23-16)12-5-3-2-4-6-12/h2-9H,10H2,1H3. The average Bonchev–Trinajstić information content (AvgIpc) is 3.03. The lowest BCUT2D eigenvalue weighted by atomic mass is 10.1. The second kappa shape index (κ2) is 6.39. The second-order valence-electron chi connectivity index (χ2n) is 4.85. The molecule has 0 amide bonds. The molecule has 2 aromatic carbocycles. The molecule has 0 atom stereocenters. The maximum Gasteiger partial charge on any atom is 0.254 e. The molecule has 0 aliphatic heterocycles. The number of Topliss-reactive ketones (excluding diaryl/α,β-unsaturated/α-hetero) is 1. The Hall–Kier alpha value is -3.02. The van der Waals surface area contributed by atoms with Crippen LogP contribution in [0.15, 0.2) is 52.9 Å². The highest BCUT2D eigenvalue weighted by molar-refractivity contribution is 5.96. The highest BCUT2D eigenvalue weighted by Crippen LogP contribution is 2.22. The zero-order valence-electron chi connectivity index (χ0n) is 12.3. The fourth-order valence-electron chi connectivity index (χ4n) is 2.05. The summed E-state index contributed by atoms with van der Waals surface area (Å²) in [6.45, 7) is 1.34. The number of hydrogen-bond acceptors (Lipinski definition) is 5. The number of halogens is 1. The number of carbonyl (C=O) groups is 1. The monoisotopic (exact) mass is 312 g/mol. The number of aromatic nitrogens is 2. The molecule has 3 rings (SSSR count). The Morgan fingerprint density at radius 3 is 2.70 bits per heavy atom. The van der Waals surface area contributed by atoms with E-state index in [0.29, 0.717) is 5.89 Å². The van der Waals surface area contributed by atoms with Crippen molar-refractivity contribution >= 4 is 5.78 Å². The highest BCUT2D eigenvalue weighted by atomic mass is 19.1. The molecule has 3 aromatic rings. The van der Waals surface area contributed by atoms with Crippen molar-refractivity contribution in [3.8, 4) is 17.2 Å². The number of ether oxygens (including phenoxy) is 1. The van der Waals surface area contributed by atoms with E-state index in [1.165, 1.54) is 19.1 Å². The molecule has 0 bridgehead atoms. The smallest absolute Gasteiger partial charge is 0.254 e. The van der Waals surface area contributed by atoms with E-state index in [-0.39, 0.29) is 29.6 Å². The molecule has 0 spiro atoms. The predicted molar refractivity (Wildman–Crippen MR) is 80.5 cm³/mol. The highest BCUT2D eigenvalue weighted by Gasteiger charge is 2.13. The second-order valence-corrected chi connectivity index (χ2v) is 4.85. The van der Waals surface area contributed by atoms with Crippen molar-refractivity contribution in [2.24, 2.45) is 0 Å². The Kier molecular flexibility index (Phi) is 4.14. The number of ketones is 1. The normalized spacial score (nSPS) is 10.5. The molecule has 0 fully saturated rings. The Morgan fingerprint density at radius 1 is 1.17 bits per heavy atom. The minimum atomic E-state index is -0.494. The van der Waals surface area contributed by atoms with Gasteiger partial charge >= 0.3 is 0 Å². The van der Waals surface area contributed by atoms with Crippen LogP contribution in [0.1, 0.15) is 23.2 Å². The van der Waals surface area contributed by atoms with Crippen LogP contribution in [-0.4, -0.2) is 16.0 Å². The molecule has 116 valence electrons. The lowest BCUT2D eigenvalue weighted by Gasteiger charge is -2.07. The van der Waals surface area contributed by atoms with E-state index in [2.05, 4.69) is 10.2 Å². The van der Waals surface area contributed by atoms with Crippen LogP contribution in [0.5, 0.6) is 5.75 Å². The summed E-state index contributed by atoms with van der Waals surface area (Å²) in [5, 5.41) is 7.85. The van der Waals surface area contributed by atoms with Crippen LogP contribution in [0.3, 0.4) is 0 Å². The number of benzene rings is 2. The summed E-state index contributed by atoms with van der Waals surface area (Å²) < 4.78 is 24.2. The molecule has 0 saturated heterocycles. The first-order chi connectivity index (χ1) is 11.1. The average molecular weight is 312 g/mol. The van der Waals surface area contributed by atoms with E-state index in [9.17, 15) is 9.18 Å². The van der Waals surface area contributed by atoms with Crippen LogP contribution in [-0.2, 0) is 6.61 Å². The fourth-order valence-corrected chi connectivity index (χ4v) is 2.05. The SMILES string of the molecule is CC(=O)c1cc(F)ccc1OCc1nnc(-c2ccccc2)o1. The number of carbonyl (C=O) groups excluding carboxylic acids is 1. The van der Waals surface area contributed by atoms with Crippen molar-refractivity contribution in [2.75, 3.05) is 0 Å². The Balaban J connectivity index is 1.75. The van der Waals surface area contributed by atoms with Crippen LogP contribution in [0.2, 0.25) is 0 Å². The van der Waals surface area contributed by atoms with Crippen LogP contribution in [0.4, 0.5) is 4.39 Å². The first kappa shape index (κ1) is 14.9. The van der Waals surface area contributed by atoms with E-state index in [1.807, 2.05) is 30.3 Å². The minimum absolute atomic E-state index is 0.00819. The maximum atomic E-state index is 13.2. The first-order valence-electron chi connectivity index (χ1n) is 6.94. The predicted octanol–water partition coefficient (Wildman–Crippen LogP) is 3.66. The third-order valence-corrected chi connectivity index (χ3v) is 3.16. The van der Waals surface area contributed by atoms with Crippen molar-refractivity contribution in [3.05, 3.63) is 65.8 Å². The minimum Gasteiger partial charge on any atom is -0.483 e. The van der Waals surface area contributed by atoms with Crippen molar-refractivity contribution in [1.82, 2.24) is 10.2 Å². The summed E-state index contributed by atoms with van der Waals surface area (Å²) in [4.78, 5) is 11.5. The van der Waals surface area contributed by atoms with Crippen LogP contribution < -0.4 is 4.74 Å². The number of nitrogens with zero attached hydrogens (tertiary/aromatic N) is 2.